The Balaban J connectivity index is 1.83. The number of nitrogens with zero attached hydrogens (tertiary/aromatic N) is 3. The van der Waals surface area contributed by atoms with Crippen LogP contribution in [0.15, 0.2) is 59.1 Å². The molecule has 2 aromatic carbocycles. The van der Waals surface area contributed by atoms with Crippen LogP contribution in [0.2, 0.25) is 0 Å². The number of likely N-dealkylation sites (N-methyl/N-ethyl adjacent to an activating group) is 1. The number of non-ortho nitro benzene ring substituents is 1. The van der Waals surface area contributed by atoms with Crippen molar-refractivity contribution in [2.24, 2.45) is 0 Å². The zero-order chi connectivity index (χ0) is 19.6. The molecule has 0 aliphatic carbocycles. The van der Waals surface area contributed by atoms with E-state index >= 15 is 0 Å². The van der Waals surface area contributed by atoms with E-state index in [4.69, 9.17) is 0 Å². The summed E-state index contributed by atoms with van der Waals surface area (Å²) in [4.78, 5) is 28.9. The number of para-hydroxylation sites is 1. The van der Waals surface area contributed by atoms with E-state index in [1.165, 1.54) is 17.0 Å². The summed E-state index contributed by atoms with van der Waals surface area (Å²) in [6.07, 6.45) is -0.859. The Hall–Kier alpha value is -2.84. The molecule has 0 bridgehead atoms. The van der Waals surface area contributed by atoms with Crippen molar-refractivity contribution in [1.82, 2.24) is 9.88 Å². The first-order chi connectivity index (χ1) is 12.9. The van der Waals surface area contributed by atoms with E-state index in [9.17, 15) is 20.0 Å². The largest absolute Gasteiger partial charge is 0.387 e. The summed E-state index contributed by atoms with van der Waals surface area (Å²) in [5.74, 6) is -0.425. The van der Waals surface area contributed by atoms with Gasteiger partial charge in [-0.25, -0.2) is 4.98 Å². The van der Waals surface area contributed by atoms with E-state index in [0.29, 0.717) is 10.9 Å². The van der Waals surface area contributed by atoms with Crippen LogP contribution in [-0.2, 0) is 0 Å². The third kappa shape index (κ3) is 4.12. The molecule has 0 aliphatic rings. The van der Waals surface area contributed by atoms with Crippen molar-refractivity contribution in [1.29, 1.82) is 0 Å². The van der Waals surface area contributed by atoms with Crippen LogP contribution in [0.1, 0.15) is 22.2 Å². The molecule has 1 atom stereocenters. The molecule has 0 spiro atoms. The van der Waals surface area contributed by atoms with Crippen molar-refractivity contribution >= 4 is 38.4 Å². The van der Waals surface area contributed by atoms with Crippen LogP contribution in [0, 0.1) is 10.1 Å². The van der Waals surface area contributed by atoms with Crippen molar-refractivity contribution in [3.8, 4) is 0 Å². The summed E-state index contributed by atoms with van der Waals surface area (Å²) in [6, 6.07) is 14.9. The van der Waals surface area contributed by atoms with Crippen molar-refractivity contribution in [3.05, 3.63) is 80.4 Å². The first-order valence-electron chi connectivity index (χ1n) is 8.10. The monoisotopic (exact) mass is 429 g/mol. The van der Waals surface area contributed by atoms with E-state index in [0.717, 1.165) is 4.47 Å². The minimum Gasteiger partial charge on any atom is -0.387 e. The highest BCUT2D eigenvalue weighted by molar-refractivity contribution is 9.10. The van der Waals surface area contributed by atoms with Gasteiger partial charge >= 0.3 is 0 Å². The van der Waals surface area contributed by atoms with Crippen molar-refractivity contribution in [3.63, 3.8) is 0 Å². The fraction of sp³-hybridized carbons (Fsp3) is 0.158. The van der Waals surface area contributed by atoms with Gasteiger partial charge in [0, 0.05) is 23.0 Å². The second kappa shape index (κ2) is 7.81. The number of rotatable bonds is 5. The second-order valence-corrected chi connectivity index (χ2v) is 6.97. The standard InChI is InChI=1S/C19H16BrN3O4/c1-22(11-17(24)12-5-8-14(20)9-6-12)19(25)15-10-7-13-3-2-4-16(23(26)27)18(13)21-15/h2-10,17,24H,11H2,1H3. The van der Waals surface area contributed by atoms with Gasteiger partial charge in [0.05, 0.1) is 17.6 Å². The summed E-state index contributed by atoms with van der Waals surface area (Å²) in [7, 11) is 1.55. The summed E-state index contributed by atoms with van der Waals surface area (Å²) in [5.41, 5.74) is 0.775. The van der Waals surface area contributed by atoms with Crippen LogP contribution >= 0.6 is 15.9 Å². The number of fused-ring (bicyclic) bond motifs is 1. The smallest absolute Gasteiger partial charge is 0.295 e. The Kier molecular flexibility index (Phi) is 5.48. The molecule has 0 aliphatic heterocycles. The maximum atomic E-state index is 12.7. The maximum Gasteiger partial charge on any atom is 0.295 e. The molecule has 0 radical (unpaired) electrons. The number of benzene rings is 2. The summed E-state index contributed by atoms with van der Waals surface area (Å²) in [6.45, 7) is 0.0665. The highest BCUT2D eigenvalue weighted by atomic mass is 79.9. The van der Waals surface area contributed by atoms with Crippen LogP contribution in [0.25, 0.3) is 10.9 Å². The number of amides is 1. The van der Waals surface area contributed by atoms with Crippen LogP contribution in [0.4, 0.5) is 5.69 Å². The van der Waals surface area contributed by atoms with Crippen LogP contribution < -0.4 is 0 Å². The lowest BCUT2D eigenvalue weighted by atomic mass is 10.1. The fourth-order valence-corrected chi connectivity index (χ4v) is 2.99. The van der Waals surface area contributed by atoms with Gasteiger partial charge in [-0.2, -0.15) is 0 Å². The minimum absolute atomic E-state index is 0.0665. The topological polar surface area (TPSA) is 96.6 Å². The molecular weight excluding hydrogens is 414 g/mol. The summed E-state index contributed by atoms with van der Waals surface area (Å²) >= 11 is 3.33. The first kappa shape index (κ1) is 18.9. The van der Waals surface area contributed by atoms with Crippen molar-refractivity contribution in [2.75, 3.05) is 13.6 Å². The average Bonchev–Trinajstić information content (AvgIpc) is 2.66. The highest BCUT2D eigenvalue weighted by Crippen LogP contribution is 2.24. The van der Waals surface area contributed by atoms with E-state index in [2.05, 4.69) is 20.9 Å². The van der Waals surface area contributed by atoms with Gasteiger partial charge in [0.25, 0.3) is 11.6 Å². The van der Waals surface area contributed by atoms with E-state index in [-0.39, 0.29) is 23.4 Å². The molecule has 1 amide bonds. The minimum atomic E-state index is -0.859. The molecule has 1 unspecified atom stereocenters. The molecule has 3 rings (SSSR count). The van der Waals surface area contributed by atoms with Crippen LogP contribution in [0.3, 0.4) is 0 Å². The van der Waals surface area contributed by atoms with Crippen LogP contribution in [0.5, 0.6) is 0 Å². The SMILES string of the molecule is CN(CC(O)c1ccc(Br)cc1)C(=O)c1ccc2cccc([N+](=O)[O-])c2n1. The van der Waals surface area contributed by atoms with Gasteiger partial charge < -0.3 is 10.0 Å². The molecule has 0 fully saturated rings. The lowest BCUT2D eigenvalue weighted by Crippen LogP contribution is -2.31. The number of hydrogen-bond donors (Lipinski definition) is 1. The Morgan fingerprint density at radius 3 is 2.59 bits per heavy atom. The average molecular weight is 430 g/mol. The number of carbonyl (C=O) groups is 1. The van der Waals surface area contributed by atoms with Gasteiger partial charge in [-0.3, -0.25) is 14.9 Å². The summed E-state index contributed by atoms with van der Waals surface area (Å²) in [5, 5.41) is 22.1. The zero-order valence-electron chi connectivity index (χ0n) is 14.4. The molecule has 8 heteroatoms. The molecule has 3 aromatic rings. The molecular formula is C19H16BrN3O4. The van der Waals surface area contributed by atoms with Gasteiger partial charge in [-0.1, -0.05) is 46.3 Å². The molecule has 0 saturated heterocycles. The quantitative estimate of drug-likeness (QED) is 0.492. The number of carbonyl (C=O) groups excluding carboxylic acids is 1. The number of aromatic nitrogens is 1. The predicted molar refractivity (Wildman–Crippen MR) is 104 cm³/mol. The molecule has 27 heavy (non-hydrogen) atoms. The molecule has 1 heterocycles. The Labute approximate surface area is 163 Å². The molecule has 7 nitrogen and oxygen atoms in total. The number of nitro groups is 1. The molecule has 0 saturated carbocycles. The highest BCUT2D eigenvalue weighted by Gasteiger charge is 2.20. The normalized spacial score (nSPS) is 12.0. The number of nitro benzene ring substituents is 1. The number of pyridine rings is 1. The number of aliphatic hydroxyl groups is 1. The second-order valence-electron chi connectivity index (χ2n) is 6.06. The van der Waals surface area contributed by atoms with Gasteiger partial charge in [-0.15, -0.1) is 0 Å². The Morgan fingerprint density at radius 2 is 1.93 bits per heavy atom. The number of halogens is 1. The Morgan fingerprint density at radius 1 is 1.22 bits per heavy atom. The molecule has 138 valence electrons. The Bertz CT molecular complexity index is 1010. The molecule has 1 N–H and O–H groups in total. The van der Waals surface area contributed by atoms with Gasteiger partial charge in [0.2, 0.25) is 0 Å². The van der Waals surface area contributed by atoms with Gasteiger partial charge in [-0.05, 0) is 23.8 Å². The summed E-state index contributed by atoms with van der Waals surface area (Å²) < 4.78 is 0.893. The number of hydrogen-bond acceptors (Lipinski definition) is 5. The van der Waals surface area contributed by atoms with Gasteiger partial charge in [0.15, 0.2) is 0 Å². The van der Waals surface area contributed by atoms with E-state index in [1.807, 2.05) is 12.1 Å². The van der Waals surface area contributed by atoms with E-state index < -0.39 is 16.9 Å². The zero-order valence-corrected chi connectivity index (χ0v) is 16.0. The van der Waals surface area contributed by atoms with Crippen molar-refractivity contribution in [2.45, 2.75) is 6.10 Å². The van der Waals surface area contributed by atoms with Crippen molar-refractivity contribution < 1.29 is 14.8 Å². The van der Waals surface area contributed by atoms with Crippen LogP contribution in [-0.4, -0.2) is 39.4 Å². The molecule has 1 aromatic heterocycles. The van der Waals surface area contributed by atoms with E-state index in [1.54, 1.807) is 37.4 Å². The third-order valence-corrected chi connectivity index (χ3v) is 4.69. The third-order valence-electron chi connectivity index (χ3n) is 4.16. The van der Waals surface area contributed by atoms with Gasteiger partial charge in [0.1, 0.15) is 11.2 Å². The maximum absolute atomic E-state index is 12.7. The fourth-order valence-electron chi connectivity index (χ4n) is 2.73. The number of aliphatic hydroxyl groups excluding tert-OH is 1. The lowest BCUT2D eigenvalue weighted by molar-refractivity contribution is -0.383. The first-order valence-corrected chi connectivity index (χ1v) is 8.89. The predicted octanol–water partition coefficient (Wildman–Crippen LogP) is 3.71. The lowest BCUT2D eigenvalue weighted by Gasteiger charge is -2.21.